The topological polar surface area (TPSA) is 197 Å². The van der Waals surface area contributed by atoms with Gasteiger partial charge in [0.1, 0.15) is 48.8 Å². The highest BCUT2D eigenvalue weighted by Gasteiger charge is 2.68. The molecule has 296 valence electrons. The Kier molecular flexibility index (Phi) is 10.3. The van der Waals surface area contributed by atoms with E-state index in [1.54, 1.807) is 0 Å². The summed E-state index contributed by atoms with van der Waals surface area (Å²) in [5.41, 5.74) is 1.70. The molecule has 1 spiro atoms. The summed E-state index contributed by atoms with van der Waals surface area (Å²) in [5.74, 6) is 2.92. The minimum atomic E-state index is -1.72. The maximum atomic E-state index is 11.1. The van der Waals surface area contributed by atoms with E-state index in [4.69, 9.17) is 28.4 Å². The Hall–Kier alpha value is -0.780. The zero-order valence-electron chi connectivity index (χ0n) is 31.0. The molecule has 7 N–H and O–H groups in total. The Morgan fingerprint density at radius 1 is 0.788 bits per heavy atom. The van der Waals surface area contributed by atoms with E-state index < -0.39 is 80.4 Å². The van der Waals surface area contributed by atoms with Crippen molar-refractivity contribution >= 4 is 0 Å². The lowest BCUT2D eigenvalue weighted by molar-refractivity contribution is -0.363. The van der Waals surface area contributed by atoms with Gasteiger partial charge in [0.2, 0.25) is 0 Å². The first kappa shape index (κ1) is 38.1. The quantitative estimate of drug-likeness (QED) is 0.193. The SMILES string of the molecule is C[C@@H]1CC[C@@]2(OC1)O[C@H]1C[C@H]3[C@@H]4CC=C5C[C@@H](O[C@@H]6O[C@H](CO)[C@@H](O[C@@H]7O[C@H](CO)[C@H](O)[C@H](O)[C@H]7O)[C@H](O)[C@H]6O)CC[C@]5(C)[C@H]4CC[C@]3(C)[C@H]1[C@@H]2C. The number of fused-ring (bicyclic) bond motifs is 7. The molecule has 4 aliphatic carbocycles. The number of rotatable bonds is 6. The zero-order valence-corrected chi connectivity index (χ0v) is 31.0. The van der Waals surface area contributed by atoms with Crippen molar-refractivity contribution in [2.45, 2.75) is 165 Å². The fourth-order valence-corrected chi connectivity index (χ4v) is 12.6. The highest BCUT2D eigenvalue weighted by atomic mass is 16.7. The maximum absolute atomic E-state index is 11.1. The summed E-state index contributed by atoms with van der Waals surface area (Å²) in [4.78, 5) is 0. The van der Waals surface area contributed by atoms with Crippen LogP contribution in [0, 0.1) is 46.3 Å². The molecule has 4 saturated heterocycles. The van der Waals surface area contributed by atoms with Gasteiger partial charge < -0.3 is 64.2 Å². The Balaban J connectivity index is 0.913. The maximum Gasteiger partial charge on any atom is 0.187 e. The van der Waals surface area contributed by atoms with Crippen LogP contribution in [0.2, 0.25) is 0 Å². The Bertz CT molecular complexity index is 1320. The molecule has 8 aliphatic rings. The van der Waals surface area contributed by atoms with Crippen molar-refractivity contribution in [3.05, 3.63) is 11.6 Å². The standard InChI is InChI=1S/C39H62O13/c1-18-7-12-39(47-17-18)19(2)28-25(52-39)14-24-22-6-5-20-13-21(8-10-37(20,3)23(22)9-11-38(24,28)4)48-35-33(46)31(44)34(27(16-41)50-35)51-36-32(45)30(43)29(42)26(15-40)49-36/h5,18-19,21-36,40-46H,6-17H2,1-4H3/t18-,19+,21+,22-,23+,24+,25+,26-,27-,28+,29+,30+,31-,32-,33-,34-,35-,36+,37+,38+,39-/m1/s1. The predicted octanol–water partition coefficient (Wildman–Crippen LogP) is 1.36. The summed E-state index contributed by atoms with van der Waals surface area (Å²) >= 11 is 0. The second-order valence-corrected chi connectivity index (χ2v) is 18.3. The van der Waals surface area contributed by atoms with Crippen molar-refractivity contribution in [1.82, 2.24) is 0 Å². The van der Waals surface area contributed by atoms with Crippen LogP contribution in [0.15, 0.2) is 11.6 Å². The third kappa shape index (κ3) is 5.90. The first-order chi connectivity index (χ1) is 24.7. The van der Waals surface area contributed by atoms with Crippen LogP contribution in [-0.4, -0.2) is 135 Å². The minimum Gasteiger partial charge on any atom is -0.394 e. The summed E-state index contributed by atoms with van der Waals surface area (Å²) in [7, 11) is 0. The third-order valence-corrected chi connectivity index (χ3v) is 15.6. The van der Waals surface area contributed by atoms with E-state index in [0.717, 1.165) is 38.7 Å². The van der Waals surface area contributed by atoms with Gasteiger partial charge in [-0.1, -0.05) is 39.3 Å². The molecule has 4 aliphatic heterocycles. The van der Waals surface area contributed by atoms with E-state index in [1.807, 2.05) is 0 Å². The van der Waals surface area contributed by atoms with Crippen LogP contribution in [-0.2, 0) is 28.4 Å². The van der Waals surface area contributed by atoms with Crippen LogP contribution in [0.3, 0.4) is 0 Å². The fourth-order valence-electron chi connectivity index (χ4n) is 12.6. The Labute approximate surface area is 306 Å². The number of aliphatic hydroxyl groups is 7. The van der Waals surface area contributed by atoms with Crippen molar-refractivity contribution < 1.29 is 64.2 Å². The van der Waals surface area contributed by atoms with Gasteiger partial charge in [-0.05, 0) is 91.8 Å². The summed E-state index contributed by atoms with van der Waals surface area (Å²) in [6, 6.07) is 0. The van der Waals surface area contributed by atoms with Crippen LogP contribution >= 0.6 is 0 Å². The molecule has 52 heavy (non-hydrogen) atoms. The van der Waals surface area contributed by atoms with Crippen molar-refractivity contribution in [2.24, 2.45) is 46.3 Å². The smallest absolute Gasteiger partial charge is 0.187 e. The lowest BCUT2D eigenvalue weighted by atomic mass is 9.47. The molecule has 0 radical (unpaired) electrons. The van der Waals surface area contributed by atoms with Gasteiger partial charge in [-0.2, -0.15) is 0 Å². The molecule has 0 unspecified atom stereocenters. The minimum absolute atomic E-state index is 0.0572. The van der Waals surface area contributed by atoms with E-state index >= 15 is 0 Å². The van der Waals surface area contributed by atoms with Crippen LogP contribution in [0.25, 0.3) is 0 Å². The lowest BCUT2D eigenvalue weighted by Gasteiger charge is -2.58. The highest BCUT2D eigenvalue weighted by molar-refractivity contribution is 5.26. The normalized spacial score (nSPS) is 57.5. The van der Waals surface area contributed by atoms with Gasteiger partial charge in [0, 0.05) is 12.3 Å². The van der Waals surface area contributed by atoms with E-state index in [-0.39, 0.29) is 23.0 Å². The number of hydrogen-bond donors (Lipinski definition) is 7. The number of ether oxygens (including phenoxy) is 6. The van der Waals surface area contributed by atoms with Crippen LogP contribution in [0.1, 0.15) is 85.5 Å². The van der Waals surface area contributed by atoms with Crippen molar-refractivity contribution in [3.8, 4) is 0 Å². The first-order valence-electron chi connectivity index (χ1n) is 20.0. The molecule has 13 heteroatoms. The molecule has 0 aromatic heterocycles. The number of aliphatic hydroxyl groups excluding tert-OH is 7. The van der Waals surface area contributed by atoms with E-state index in [1.165, 1.54) is 24.8 Å². The van der Waals surface area contributed by atoms with Gasteiger partial charge in [0.05, 0.1) is 32.0 Å². The average Bonchev–Trinajstić information content (AvgIpc) is 3.58. The van der Waals surface area contributed by atoms with Gasteiger partial charge in [-0.25, -0.2) is 0 Å². The molecule has 0 amide bonds. The van der Waals surface area contributed by atoms with Crippen LogP contribution < -0.4 is 0 Å². The van der Waals surface area contributed by atoms with E-state index in [0.29, 0.717) is 41.9 Å². The molecule has 0 aromatic carbocycles. The highest BCUT2D eigenvalue weighted by Crippen LogP contribution is 2.70. The summed E-state index contributed by atoms with van der Waals surface area (Å²) < 4.78 is 36.9. The Morgan fingerprint density at radius 2 is 1.50 bits per heavy atom. The van der Waals surface area contributed by atoms with Gasteiger partial charge in [-0.3, -0.25) is 0 Å². The van der Waals surface area contributed by atoms with Crippen molar-refractivity contribution in [2.75, 3.05) is 19.8 Å². The number of hydrogen-bond acceptors (Lipinski definition) is 13. The molecule has 8 rings (SSSR count). The van der Waals surface area contributed by atoms with Crippen LogP contribution in [0.4, 0.5) is 0 Å². The summed E-state index contributed by atoms with van der Waals surface area (Å²) in [5, 5.41) is 72.7. The molecular formula is C39H62O13. The summed E-state index contributed by atoms with van der Waals surface area (Å²) in [6.07, 6.45) is -3.06. The molecule has 4 heterocycles. The van der Waals surface area contributed by atoms with E-state index in [9.17, 15) is 35.7 Å². The molecule has 21 atom stereocenters. The van der Waals surface area contributed by atoms with Crippen molar-refractivity contribution in [1.29, 1.82) is 0 Å². The second-order valence-electron chi connectivity index (χ2n) is 18.3. The second kappa shape index (κ2) is 14.0. The van der Waals surface area contributed by atoms with Gasteiger partial charge in [0.15, 0.2) is 18.4 Å². The largest absolute Gasteiger partial charge is 0.394 e. The number of allylic oxidation sites excluding steroid dienone is 1. The molecule has 0 aromatic rings. The first-order valence-corrected chi connectivity index (χ1v) is 20.0. The van der Waals surface area contributed by atoms with E-state index in [2.05, 4.69) is 33.8 Å². The van der Waals surface area contributed by atoms with Crippen molar-refractivity contribution in [3.63, 3.8) is 0 Å². The molecule has 0 bridgehead atoms. The molecule has 3 saturated carbocycles. The van der Waals surface area contributed by atoms with Gasteiger partial charge >= 0.3 is 0 Å². The predicted molar refractivity (Wildman–Crippen MR) is 183 cm³/mol. The average molecular weight is 739 g/mol. The molecule has 13 nitrogen and oxygen atoms in total. The molecule has 7 fully saturated rings. The Morgan fingerprint density at radius 3 is 2.21 bits per heavy atom. The third-order valence-electron chi connectivity index (χ3n) is 15.6. The molecular weight excluding hydrogens is 676 g/mol. The zero-order chi connectivity index (χ0) is 36.9. The summed E-state index contributed by atoms with van der Waals surface area (Å²) in [6.45, 7) is 9.20. The van der Waals surface area contributed by atoms with Gasteiger partial charge in [0.25, 0.3) is 0 Å². The monoisotopic (exact) mass is 738 g/mol. The van der Waals surface area contributed by atoms with Gasteiger partial charge in [-0.15, -0.1) is 0 Å². The van der Waals surface area contributed by atoms with Crippen LogP contribution in [0.5, 0.6) is 0 Å². The fraction of sp³-hybridized carbons (Fsp3) is 0.949. The lowest BCUT2D eigenvalue weighted by Crippen LogP contribution is -2.65.